The molecule has 4 aromatic rings. The van der Waals surface area contributed by atoms with Gasteiger partial charge in [0.1, 0.15) is 5.75 Å². The minimum atomic E-state index is -0.328. The number of phenols is 1. The van der Waals surface area contributed by atoms with Crippen molar-refractivity contribution in [2.45, 2.75) is 26.3 Å². The molecule has 1 atom stereocenters. The fourth-order valence-corrected chi connectivity index (χ4v) is 4.20. The van der Waals surface area contributed by atoms with Gasteiger partial charge in [0.05, 0.1) is 23.1 Å². The molecule has 0 spiro atoms. The predicted molar refractivity (Wildman–Crippen MR) is 128 cm³/mol. The van der Waals surface area contributed by atoms with E-state index in [-0.39, 0.29) is 17.7 Å². The van der Waals surface area contributed by atoms with Crippen LogP contribution in [-0.2, 0) is 4.79 Å². The van der Waals surface area contributed by atoms with Crippen molar-refractivity contribution >= 4 is 11.6 Å². The van der Waals surface area contributed by atoms with E-state index >= 15 is 0 Å². The van der Waals surface area contributed by atoms with Crippen molar-refractivity contribution in [2.24, 2.45) is 5.10 Å². The maximum atomic E-state index is 12.6. The molecule has 6 nitrogen and oxygen atoms in total. The van der Waals surface area contributed by atoms with E-state index in [1.807, 2.05) is 72.4 Å². The lowest BCUT2D eigenvalue weighted by atomic mass is 9.96. The number of hydrogen-bond donors (Lipinski definition) is 1. The fourth-order valence-electron chi connectivity index (χ4n) is 4.20. The van der Waals surface area contributed by atoms with Crippen LogP contribution in [0.4, 0.5) is 0 Å². The summed E-state index contributed by atoms with van der Waals surface area (Å²) in [7, 11) is 0. The molecule has 164 valence electrons. The molecule has 6 heteroatoms. The maximum absolute atomic E-state index is 12.6. The van der Waals surface area contributed by atoms with E-state index in [0.717, 1.165) is 22.5 Å². The van der Waals surface area contributed by atoms with Crippen LogP contribution in [0.1, 0.15) is 36.1 Å². The molecule has 0 unspecified atom stereocenters. The molecule has 0 radical (unpaired) electrons. The normalized spacial score (nSPS) is 15.5. The number of aryl methyl sites for hydroxylation is 1. The molecule has 2 heterocycles. The number of rotatable bonds is 4. The number of aromatic nitrogens is 2. The van der Waals surface area contributed by atoms with Crippen LogP contribution in [-0.4, -0.2) is 31.5 Å². The van der Waals surface area contributed by atoms with E-state index in [0.29, 0.717) is 17.7 Å². The van der Waals surface area contributed by atoms with Crippen LogP contribution in [0.3, 0.4) is 0 Å². The van der Waals surface area contributed by atoms with Gasteiger partial charge in [0.25, 0.3) is 0 Å². The van der Waals surface area contributed by atoms with Gasteiger partial charge in [0.15, 0.2) is 0 Å². The summed E-state index contributed by atoms with van der Waals surface area (Å²) in [5.74, 6) is -0.00752. The quantitative estimate of drug-likeness (QED) is 0.475. The van der Waals surface area contributed by atoms with Crippen LogP contribution < -0.4 is 0 Å². The lowest BCUT2D eigenvalue weighted by Crippen LogP contribution is -2.24. The first kappa shape index (κ1) is 20.7. The van der Waals surface area contributed by atoms with Gasteiger partial charge in [-0.15, -0.1) is 0 Å². The predicted octanol–water partition coefficient (Wildman–Crippen LogP) is 5.25. The second-order valence-electron chi connectivity index (χ2n) is 8.23. The van der Waals surface area contributed by atoms with Crippen molar-refractivity contribution in [3.8, 4) is 22.7 Å². The van der Waals surface area contributed by atoms with Crippen LogP contribution in [0.2, 0.25) is 0 Å². The molecule has 3 aromatic carbocycles. The van der Waals surface area contributed by atoms with Crippen molar-refractivity contribution < 1.29 is 9.90 Å². The molecule has 0 saturated carbocycles. The maximum Gasteiger partial charge on any atom is 0.240 e. The average Bonchev–Trinajstić information content (AvgIpc) is 3.46. The summed E-state index contributed by atoms with van der Waals surface area (Å²) in [5, 5.41) is 21.4. The average molecular weight is 437 g/mol. The number of para-hydroxylation sites is 2. The molecule has 5 rings (SSSR count). The number of phenolic OH excluding ortho intramolecular Hbond substituents is 1. The summed E-state index contributed by atoms with van der Waals surface area (Å²) in [5.41, 5.74) is 6.11. The van der Waals surface area contributed by atoms with Crippen LogP contribution in [0, 0.1) is 6.92 Å². The third-order valence-electron chi connectivity index (χ3n) is 5.90. The molecule has 33 heavy (non-hydrogen) atoms. The van der Waals surface area contributed by atoms with Crippen LogP contribution >= 0.6 is 0 Å². The largest absolute Gasteiger partial charge is 0.507 e. The van der Waals surface area contributed by atoms with E-state index in [2.05, 4.69) is 17.2 Å². The van der Waals surface area contributed by atoms with Gasteiger partial charge in [-0.2, -0.15) is 10.2 Å². The highest BCUT2D eigenvalue weighted by Gasteiger charge is 2.35. The molecular weight excluding hydrogens is 412 g/mol. The van der Waals surface area contributed by atoms with Crippen molar-refractivity contribution in [1.29, 1.82) is 0 Å². The third-order valence-corrected chi connectivity index (χ3v) is 5.90. The van der Waals surface area contributed by atoms with E-state index < -0.39 is 0 Å². The Balaban J connectivity index is 1.63. The number of aromatic hydroxyl groups is 1. The van der Waals surface area contributed by atoms with E-state index in [4.69, 9.17) is 5.10 Å². The SMILES string of the molecule is CC(=O)N1N=C(c2ccccc2O)C[C@H]1c1cn(-c2ccccc2)nc1-c1ccc(C)cc1. The van der Waals surface area contributed by atoms with Gasteiger partial charge in [-0.25, -0.2) is 9.69 Å². The van der Waals surface area contributed by atoms with Crippen molar-refractivity contribution in [3.05, 3.63) is 102 Å². The number of benzene rings is 3. The van der Waals surface area contributed by atoms with Gasteiger partial charge in [-0.05, 0) is 31.2 Å². The van der Waals surface area contributed by atoms with Gasteiger partial charge in [-0.1, -0.05) is 60.2 Å². The smallest absolute Gasteiger partial charge is 0.240 e. The molecule has 1 aliphatic rings. The zero-order valence-corrected chi connectivity index (χ0v) is 18.5. The van der Waals surface area contributed by atoms with Crippen molar-refractivity contribution in [3.63, 3.8) is 0 Å². The highest BCUT2D eigenvalue weighted by atomic mass is 16.3. The number of amides is 1. The van der Waals surface area contributed by atoms with E-state index in [9.17, 15) is 9.90 Å². The summed E-state index contributed by atoms with van der Waals surface area (Å²) < 4.78 is 1.85. The van der Waals surface area contributed by atoms with Crippen molar-refractivity contribution in [1.82, 2.24) is 14.8 Å². The first-order chi connectivity index (χ1) is 16.0. The number of hydrazone groups is 1. The number of nitrogens with zero attached hydrogens (tertiary/aromatic N) is 4. The highest BCUT2D eigenvalue weighted by Crippen LogP contribution is 2.39. The second kappa shape index (κ2) is 8.39. The molecule has 0 aliphatic carbocycles. The minimum absolute atomic E-state index is 0.152. The summed E-state index contributed by atoms with van der Waals surface area (Å²) >= 11 is 0. The molecule has 1 N–H and O–H groups in total. The van der Waals surface area contributed by atoms with Crippen LogP contribution in [0.15, 0.2) is 90.2 Å². The lowest BCUT2D eigenvalue weighted by molar-refractivity contribution is -0.130. The van der Waals surface area contributed by atoms with Crippen LogP contribution in [0.5, 0.6) is 5.75 Å². The summed E-state index contributed by atoms with van der Waals surface area (Å²) in [6.45, 7) is 3.56. The van der Waals surface area contributed by atoms with Gasteiger partial charge >= 0.3 is 0 Å². The number of carbonyl (C=O) groups excluding carboxylic acids is 1. The zero-order valence-electron chi connectivity index (χ0n) is 18.5. The Kier molecular flexibility index (Phi) is 5.26. The molecule has 0 bridgehead atoms. The molecule has 0 saturated heterocycles. The second-order valence-corrected chi connectivity index (χ2v) is 8.23. The Morgan fingerprint density at radius 2 is 1.67 bits per heavy atom. The summed E-state index contributed by atoms with van der Waals surface area (Å²) in [4.78, 5) is 12.6. The van der Waals surface area contributed by atoms with Crippen molar-refractivity contribution in [2.75, 3.05) is 0 Å². The van der Waals surface area contributed by atoms with Gasteiger partial charge < -0.3 is 5.11 Å². The Morgan fingerprint density at radius 3 is 2.36 bits per heavy atom. The fraction of sp³-hybridized carbons (Fsp3) is 0.148. The minimum Gasteiger partial charge on any atom is -0.507 e. The lowest BCUT2D eigenvalue weighted by Gasteiger charge is -2.20. The topological polar surface area (TPSA) is 70.7 Å². The Hall–Kier alpha value is -4.19. The van der Waals surface area contributed by atoms with E-state index in [1.54, 1.807) is 12.1 Å². The van der Waals surface area contributed by atoms with Gasteiger partial charge in [0.2, 0.25) is 5.91 Å². The summed E-state index contributed by atoms with van der Waals surface area (Å²) in [6, 6.07) is 24.9. The molecule has 1 aromatic heterocycles. The van der Waals surface area contributed by atoms with Crippen LogP contribution in [0.25, 0.3) is 16.9 Å². The Bertz CT molecular complexity index is 1340. The summed E-state index contributed by atoms with van der Waals surface area (Å²) in [6.07, 6.45) is 2.46. The molecule has 1 amide bonds. The van der Waals surface area contributed by atoms with Gasteiger partial charge in [0, 0.05) is 36.2 Å². The first-order valence-electron chi connectivity index (χ1n) is 10.9. The molecule has 1 aliphatic heterocycles. The van der Waals surface area contributed by atoms with E-state index in [1.165, 1.54) is 17.5 Å². The molecular formula is C27H24N4O2. The number of carbonyl (C=O) groups is 1. The Labute approximate surface area is 192 Å². The Morgan fingerprint density at radius 1 is 0.970 bits per heavy atom. The van der Waals surface area contributed by atoms with Gasteiger partial charge in [-0.3, -0.25) is 4.79 Å². The zero-order chi connectivity index (χ0) is 22.9. The highest BCUT2D eigenvalue weighted by molar-refractivity contribution is 6.05. The standard InChI is InChI=1S/C27H24N4O2/c1-18-12-14-20(15-13-18)27-23(17-30(29-27)21-8-4-3-5-9-21)25-16-24(28-31(25)19(2)32)22-10-6-7-11-26(22)33/h3-15,17,25,33H,16H2,1-2H3/t25-/m0/s1. The number of hydrogen-bond acceptors (Lipinski definition) is 4. The first-order valence-corrected chi connectivity index (χ1v) is 10.9. The third kappa shape index (κ3) is 3.91. The molecule has 0 fully saturated rings. The monoisotopic (exact) mass is 436 g/mol.